The van der Waals surface area contributed by atoms with Crippen molar-refractivity contribution >= 4 is 6.09 Å². The van der Waals surface area contributed by atoms with Gasteiger partial charge in [0.15, 0.2) is 0 Å². The Bertz CT molecular complexity index is 292. The van der Waals surface area contributed by atoms with Crippen LogP contribution in [0.3, 0.4) is 0 Å². The van der Waals surface area contributed by atoms with Gasteiger partial charge in [-0.2, -0.15) is 0 Å². The maximum absolute atomic E-state index is 11.5. The van der Waals surface area contributed by atoms with E-state index in [4.69, 9.17) is 14.2 Å². The van der Waals surface area contributed by atoms with Gasteiger partial charge in [0.1, 0.15) is 5.60 Å². The summed E-state index contributed by atoms with van der Waals surface area (Å²) in [6, 6.07) is 0.282. The second-order valence-corrected chi connectivity index (χ2v) is 6.69. The van der Waals surface area contributed by atoms with Crippen LogP contribution in [0.5, 0.6) is 0 Å². The summed E-state index contributed by atoms with van der Waals surface area (Å²) in [4.78, 5) is 11.5. The van der Waals surface area contributed by atoms with E-state index in [-0.39, 0.29) is 12.1 Å². The topological polar surface area (TPSA) is 68.8 Å². The maximum atomic E-state index is 11.5. The summed E-state index contributed by atoms with van der Waals surface area (Å²) in [5.41, 5.74) is -0.457. The van der Waals surface area contributed by atoms with Crippen molar-refractivity contribution in [3.63, 3.8) is 0 Å². The van der Waals surface area contributed by atoms with Gasteiger partial charge in [0.2, 0.25) is 0 Å². The minimum absolute atomic E-state index is 0.282. The zero-order chi connectivity index (χ0) is 17.0. The molecule has 132 valence electrons. The van der Waals surface area contributed by atoms with Crippen molar-refractivity contribution in [2.75, 3.05) is 40.5 Å². The lowest BCUT2D eigenvalue weighted by Crippen LogP contribution is -2.38. The number of rotatable bonds is 11. The third-order valence-electron chi connectivity index (χ3n) is 2.97. The highest BCUT2D eigenvalue weighted by atomic mass is 16.6. The summed E-state index contributed by atoms with van der Waals surface area (Å²) in [6.07, 6.45) is 1.44. The second kappa shape index (κ2) is 11.7. The van der Waals surface area contributed by atoms with Crippen molar-refractivity contribution in [2.24, 2.45) is 5.92 Å². The Labute approximate surface area is 135 Å². The number of carbonyl (C=O) groups is 1. The summed E-state index contributed by atoms with van der Waals surface area (Å²) in [7, 11) is 3.41. The normalized spacial score (nSPS) is 14.5. The Morgan fingerprint density at radius 2 is 1.77 bits per heavy atom. The molecule has 0 radical (unpaired) electrons. The van der Waals surface area contributed by atoms with Crippen molar-refractivity contribution in [2.45, 2.75) is 52.2 Å². The highest BCUT2D eigenvalue weighted by Crippen LogP contribution is 2.06. The van der Waals surface area contributed by atoms with Crippen LogP contribution in [0.25, 0.3) is 0 Å². The molecule has 0 heterocycles. The van der Waals surface area contributed by atoms with Gasteiger partial charge in [-0.15, -0.1) is 0 Å². The highest BCUT2D eigenvalue weighted by molar-refractivity contribution is 5.67. The molecular formula is C16H34N2O4. The molecule has 0 aliphatic heterocycles. The van der Waals surface area contributed by atoms with Gasteiger partial charge in [-0.3, -0.25) is 0 Å². The molecule has 0 aliphatic rings. The van der Waals surface area contributed by atoms with Crippen LogP contribution in [-0.4, -0.2) is 58.3 Å². The third kappa shape index (κ3) is 12.9. The number of alkyl carbamates (subject to hydrolysis) is 1. The molecule has 2 N–H and O–H groups in total. The number of methoxy groups -OCH3 is 2. The minimum atomic E-state index is -0.457. The average molecular weight is 318 g/mol. The molecule has 0 rings (SSSR count). The Hall–Kier alpha value is -0.850. The number of amides is 1. The van der Waals surface area contributed by atoms with E-state index in [2.05, 4.69) is 17.6 Å². The van der Waals surface area contributed by atoms with Crippen LogP contribution in [0.1, 0.15) is 40.5 Å². The quantitative estimate of drug-likeness (QED) is 0.572. The fourth-order valence-electron chi connectivity index (χ4n) is 2.01. The van der Waals surface area contributed by atoms with E-state index in [1.165, 1.54) is 0 Å². The van der Waals surface area contributed by atoms with Crippen LogP contribution in [-0.2, 0) is 14.2 Å². The summed E-state index contributed by atoms with van der Waals surface area (Å²) in [5.74, 6) is 0.462. The number of hydrogen-bond acceptors (Lipinski definition) is 5. The average Bonchev–Trinajstić information content (AvgIpc) is 2.39. The number of hydrogen-bond donors (Lipinski definition) is 2. The van der Waals surface area contributed by atoms with Crippen LogP contribution in [0.15, 0.2) is 0 Å². The van der Waals surface area contributed by atoms with Crippen molar-refractivity contribution in [1.29, 1.82) is 0 Å². The first kappa shape index (κ1) is 21.1. The Kier molecular flexibility index (Phi) is 11.2. The van der Waals surface area contributed by atoms with Crippen LogP contribution in [0.4, 0.5) is 4.79 Å². The molecule has 0 aromatic heterocycles. The first-order valence-corrected chi connectivity index (χ1v) is 7.96. The third-order valence-corrected chi connectivity index (χ3v) is 2.97. The standard InChI is InChI=1S/C16H34N2O4/c1-13(11-20-5)10-18-14(12-21-6)8-7-9-17-15(19)22-16(2,3)4/h13-14,18H,7-12H2,1-6H3,(H,17,19). The van der Waals surface area contributed by atoms with Crippen LogP contribution in [0, 0.1) is 5.92 Å². The minimum Gasteiger partial charge on any atom is -0.444 e. The first-order chi connectivity index (χ1) is 10.3. The van der Waals surface area contributed by atoms with Gasteiger partial charge in [0.25, 0.3) is 0 Å². The van der Waals surface area contributed by atoms with E-state index in [1.807, 2.05) is 20.8 Å². The lowest BCUT2D eigenvalue weighted by molar-refractivity contribution is 0.0526. The first-order valence-electron chi connectivity index (χ1n) is 7.96. The lowest BCUT2D eigenvalue weighted by atomic mass is 10.1. The molecule has 0 spiro atoms. The Balaban J connectivity index is 3.88. The Morgan fingerprint density at radius 3 is 2.32 bits per heavy atom. The summed E-state index contributed by atoms with van der Waals surface area (Å²) < 4.78 is 15.6. The number of carbonyl (C=O) groups excluding carboxylic acids is 1. The molecule has 0 bridgehead atoms. The van der Waals surface area contributed by atoms with E-state index in [9.17, 15) is 4.79 Å². The van der Waals surface area contributed by atoms with Gasteiger partial charge in [-0.05, 0) is 39.5 Å². The van der Waals surface area contributed by atoms with Crippen LogP contribution in [0.2, 0.25) is 0 Å². The van der Waals surface area contributed by atoms with E-state index >= 15 is 0 Å². The van der Waals surface area contributed by atoms with E-state index in [0.717, 1.165) is 26.0 Å². The smallest absolute Gasteiger partial charge is 0.407 e. The van der Waals surface area contributed by atoms with Gasteiger partial charge in [-0.25, -0.2) is 4.79 Å². The maximum Gasteiger partial charge on any atom is 0.407 e. The van der Waals surface area contributed by atoms with Gasteiger partial charge >= 0.3 is 6.09 Å². The lowest BCUT2D eigenvalue weighted by Gasteiger charge is -2.21. The van der Waals surface area contributed by atoms with Gasteiger partial charge in [0.05, 0.1) is 6.61 Å². The second-order valence-electron chi connectivity index (χ2n) is 6.69. The monoisotopic (exact) mass is 318 g/mol. The molecule has 2 unspecified atom stereocenters. The fraction of sp³-hybridized carbons (Fsp3) is 0.938. The molecular weight excluding hydrogens is 284 g/mol. The molecule has 22 heavy (non-hydrogen) atoms. The van der Waals surface area contributed by atoms with Gasteiger partial charge in [-0.1, -0.05) is 6.92 Å². The molecule has 0 aromatic rings. The predicted molar refractivity (Wildman–Crippen MR) is 88.2 cm³/mol. The zero-order valence-corrected chi connectivity index (χ0v) is 15.0. The molecule has 0 aliphatic carbocycles. The van der Waals surface area contributed by atoms with Crippen molar-refractivity contribution in [1.82, 2.24) is 10.6 Å². The molecule has 0 fully saturated rings. The zero-order valence-electron chi connectivity index (χ0n) is 15.0. The summed E-state index contributed by atoms with van der Waals surface area (Å²) >= 11 is 0. The van der Waals surface area contributed by atoms with E-state index in [1.54, 1.807) is 14.2 Å². The molecule has 0 aromatic carbocycles. The fourth-order valence-corrected chi connectivity index (χ4v) is 2.01. The van der Waals surface area contributed by atoms with Crippen LogP contribution < -0.4 is 10.6 Å². The van der Waals surface area contributed by atoms with Crippen molar-refractivity contribution < 1.29 is 19.0 Å². The molecule has 0 saturated heterocycles. The largest absolute Gasteiger partial charge is 0.444 e. The molecule has 2 atom stereocenters. The van der Waals surface area contributed by atoms with Crippen LogP contribution >= 0.6 is 0 Å². The van der Waals surface area contributed by atoms with Gasteiger partial charge in [0, 0.05) is 40.0 Å². The molecule has 6 nitrogen and oxygen atoms in total. The van der Waals surface area contributed by atoms with Gasteiger partial charge < -0.3 is 24.8 Å². The number of ether oxygens (including phenoxy) is 3. The number of nitrogens with one attached hydrogen (secondary N) is 2. The molecule has 6 heteroatoms. The van der Waals surface area contributed by atoms with Crippen molar-refractivity contribution in [3.8, 4) is 0 Å². The molecule has 0 saturated carbocycles. The van der Waals surface area contributed by atoms with E-state index < -0.39 is 5.60 Å². The SMILES string of the molecule is COCC(C)CNC(CCCNC(=O)OC(C)(C)C)COC. The Morgan fingerprint density at radius 1 is 1.14 bits per heavy atom. The van der Waals surface area contributed by atoms with E-state index in [0.29, 0.717) is 19.1 Å². The van der Waals surface area contributed by atoms with Crippen molar-refractivity contribution in [3.05, 3.63) is 0 Å². The molecule has 1 amide bonds. The highest BCUT2D eigenvalue weighted by Gasteiger charge is 2.16. The predicted octanol–water partition coefficient (Wildman–Crippen LogP) is 2.18. The summed E-state index contributed by atoms with van der Waals surface area (Å²) in [6.45, 7) is 10.6. The summed E-state index contributed by atoms with van der Waals surface area (Å²) in [5, 5.41) is 6.25.